The number of nitrogens with one attached hydrogen (secondary N) is 1. The van der Waals surface area contributed by atoms with Gasteiger partial charge in [-0.25, -0.2) is 0 Å². The zero-order chi connectivity index (χ0) is 25.3. The second-order valence-electron chi connectivity index (χ2n) is 9.86. The normalized spacial score (nSPS) is 18.9. The Bertz CT molecular complexity index is 1310. The number of amides is 1. The van der Waals surface area contributed by atoms with Gasteiger partial charge in [0, 0.05) is 24.1 Å². The number of anilines is 1. The number of ether oxygens (including phenoxy) is 2. The van der Waals surface area contributed by atoms with E-state index in [0.717, 1.165) is 16.8 Å². The van der Waals surface area contributed by atoms with Crippen LogP contribution in [0.5, 0.6) is 5.75 Å². The molecule has 0 fully saturated rings. The third kappa shape index (κ3) is 4.92. The molecule has 3 N–H and O–H groups in total. The van der Waals surface area contributed by atoms with Gasteiger partial charge in [0.15, 0.2) is 12.4 Å². The molecule has 1 amide bonds. The Balaban J connectivity index is 1.57. The highest BCUT2D eigenvalue weighted by molar-refractivity contribution is 6.00. The van der Waals surface area contributed by atoms with Crippen LogP contribution in [0.1, 0.15) is 49.3 Å². The molecule has 2 aliphatic rings. The Morgan fingerprint density at radius 2 is 1.97 bits per heavy atom. The first-order valence-corrected chi connectivity index (χ1v) is 11.5. The monoisotopic (exact) mass is 471 g/mol. The summed E-state index contributed by atoms with van der Waals surface area (Å²) in [5.41, 5.74) is 10.0. The van der Waals surface area contributed by atoms with Crippen molar-refractivity contribution in [2.75, 3.05) is 11.9 Å². The van der Waals surface area contributed by atoms with Crippen LogP contribution >= 0.6 is 0 Å². The van der Waals surface area contributed by atoms with Crippen molar-refractivity contribution in [3.63, 3.8) is 0 Å². The highest BCUT2D eigenvalue weighted by Gasteiger charge is 2.43. The van der Waals surface area contributed by atoms with Crippen LogP contribution in [-0.2, 0) is 14.3 Å². The summed E-state index contributed by atoms with van der Waals surface area (Å²) in [7, 11) is 0. The first-order valence-electron chi connectivity index (χ1n) is 11.5. The van der Waals surface area contributed by atoms with Gasteiger partial charge in [0.2, 0.25) is 5.88 Å². The molecule has 1 unspecified atom stereocenters. The highest BCUT2D eigenvalue weighted by atomic mass is 16.5. The van der Waals surface area contributed by atoms with Crippen LogP contribution in [0.4, 0.5) is 5.69 Å². The molecule has 0 radical (unpaired) electrons. The largest absolute Gasteiger partial charge is 0.484 e. The minimum atomic E-state index is -0.639. The van der Waals surface area contributed by atoms with Crippen LogP contribution in [-0.4, -0.2) is 18.3 Å². The molecule has 2 aromatic carbocycles. The molecule has 7 nitrogen and oxygen atoms in total. The number of benzene rings is 2. The summed E-state index contributed by atoms with van der Waals surface area (Å²) in [6.07, 6.45) is 0.914. The Hall–Kier alpha value is -4.05. The van der Waals surface area contributed by atoms with Gasteiger partial charge in [0.1, 0.15) is 23.2 Å². The molecular formula is C28H29N3O4. The van der Waals surface area contributed by atoms with E-state index in [-0.39, 0.29) is 35.2 Å². The fourth-order valence-corrected chi connectivity index (χ4v) is 4.62. The number of carbonyl (C=O) groups is 2. The van der Waals surface area contributed by atoms with E-state index in [2.05, 4.69) is 11.4 Å². The molecule has 0 saturated carbocycles. The van der Waals surface area contributed by atoms with Gasteiger partial charge < -0.3 is 20.5 Å². The Morgan fingerprint density at radius 3 is 2.71 bits per heavy atom. The lowest BCUT2D eigenvalue weighted by Gasteiger charge is -2.37. The molecule has 0 spiro atoms. The average Bonchev–Trinajstić information content (AvgIpc) is 2.79. The van der Waals surface area contributed by atoms with E-state index in [1.54, 1.807) is 18.2 Å². The highest BCUT2D eigenvalue weighted by Crippen LogP contribution is 2.48. The fourth-order valence-electron chi connectivity index (χ4n) is 4.62. The molecule has 0 bridgehead atoms. The molecule has 2 aromatic rings. The standard InChI is InChI=1S/C28H29N3O4/c1-16-7-5-10-21(17(16)2)31-24(33)15-34-19-9-6-8-18(11-19)25-20(14-29)27(30)35-23-13-28(3,4)12-22(32)26(23)25/h5-11,25H,12-13,15,30H2,1-4H3,(H,31,33). The van der Waals surface area contributed by atoms with Crippen LogP contribution in [0.25, 0.3) is 0 Å². The number of ketones is 1. The Labute approximate surface area is 205 Å². The average molecular weight is 472 g/mol. The molecular weight excluding hydrogens is 442 g/mol. The van der Waals surface area contributed by atoms with Gasteiger partial charge in [0.05, 0.1) is 5.92 Å². The zero-order valence-corrected chi connectivity index (χ0v) is 20.4. The van der Waals surface area contributed by atoms with Gasteiger partial charge in [-0.1, -0.05) is 38.1 Å². The SMILES string of the molecule is Cc1cccc(NC(=O)COc2cccc(C3C(C#N)=C(N)OC4=C3C(=O)CC(C)(C)C4)c2)c1C. The Morgan fingerprint density at radius 1 is 1.23 bits per heavy atom. The molecule has 1 atom stereocenters. The second kappa shape index (κ2) is 9.30. The second-order valence-corrected chi connectivity index (χ2v) is 9.86. The van der Waals surface area contributed by atoms with E-state index < -0.39 is 5.92 Å². The smallest absolute Gasteiger partial charge is 0.262 e. The molecule has 1 aliphatic heterocycles. The van der Waals surface area contributed by atoms with Gasteiger partial charge in [0.25, 0.3) is 5.91 Å². The fraction of sp³-hybridized carbons (Fsp3) is 0.321. The van der Waals surface area contributed by atoms with E-state index >= 15 is 0 Å². The van der Waals surface area contributed by atoms with Crippen molar-refractivity contribution in [3.8, 4) is 11.8 Å². The van der Waals surface area contributed by atoms with Gasteiger partial charge >= 0.3 is 0 Å². The molecule has 1 heterocycles. The summed E-state index contributed by atoms with van der Waals surface area (Å²) in [6, 6.07) is 14.9. The Kier molecular flexibility index (Phi) is 6.40. The lowest BCUT2D eigenvalue weighted by molar-refractivity contribution is -0.119. The van der Waals surface area contributed by atoms with Crippen molar-refractivity contribution < 1.29 is 19.1 Å². The maximum absolute atomic E-state index is 13.1. The molecule has 1 aliphatic carbocycles. The molecule has 0 saturated heterocycles. The van der Waals surface area contributed by atoms with Crippen molar-refractivity contribution >= 4 is 17.4 Å². The van der Waals surface area contributed by atoms with E-state index in [0.29, 0.717) is 35.5 Å². The molecule has 180 valence electrons. The lowest BCUT2D eigenvalue weighted by atomic mass is 9.70. The minimum absolute atomic E-state index is 0.0148. The first-order chi connectivity index (χ1) is 16.6. The number of hydrogen-bond donors (Lipinski definition) is 2. The van der Waals surface area contributed by atoms with Crippen molar-refractivity contribution in [3.05, 3.63) is 81.9 Å². The van der Waals surface area contributed by atoms with Crippen LogP contribution in [0.3, 0.4) is 0 Å². The number of carbonyl (C=O) groups excluding carboxylic acids is 2. The summed E-state index contributed by atoms with van der Waals surface area (Å²) in [5.74, 6) is 0.00625. The number of aryl methyl sites for hydroxylation is 1. The predicted octanol–water partition coefficient (Wildman–Crippen LogP) is 4.77. The van der Waals surface area contributed by atoms with Crippen LogP contribution < -0.4 is 15.8 Å². The van der Waals surface area contributed by atoms with Crippen LogP contribution in [0, 0.1) is 30.6 Å². The lowest BCUT2D eigenvalue weighted by Crippen LogP contribution is -2.33. The van der Waals surface area contributed by atoms with Gasteiger partial charge in [-0.15, -0.1) is 0 Å². The number of nitrogens with zero attached hydrogens (tertiary/aromatic N) is 1. The van der Waals surface area contributed by atoms with Crippen molar-refractivity contribution in [1.29, 1.82) is 5.26 Å². The number of nitrogens with two attached hydrogens (primary N) is 1. The quantitative estimate of drug-likeness (QED) is 0.649. The molecule has 7 heteroatoms. The summed E-state index contributed by atoms with van der Waals surface area (Å²) in [5, 5.41) is 12.7. The van der Waals surface area contributed by atoms with E-state index in [4.69, 9.17) is 15.2 Å². The van der Waals surface area contributed by atoms with E-state index in [1.165, 1.54) is 0 Å². The number of Topliss-reactive ketones (excluding diaryl/α,β-unsaturated/α-hetero) is 1. The van der Waals surface area contributed by atoms with Gasteiger partial charge in [-0.2, -0.15) is 5.26 Å². The summed E-state index contributed by atoms with van der Waals surface area (Å²) in [4.78, 5) is 25.6. The maximum Gasteiger partial charge on any atom is 0.262 e. The topological polar surface area (TPSA) is 114 Å². The van der Waals surface area contributed by atoms with Crippen molar-refractivity contribution in [1.82, 2.24) is 0 Å². The number of allylic oxidation sites excluding steroid dienone is 3. The van der Waals surface area contributed by atoms with Crippen LogP contribution in [0.15, 0.2) is 65.3 Å². The minimum Gasteiger partial charge on any atom is -0.484 e. The van der Waals surface area contributed by atoms with Crippen molar-refractivity contribution in [2.45, 2.75) is 46.5 Å². The van der Waals surface area contributed by atoms with Crippen LogP contribution in [0.2, 0.25) is 0 Å². The number of nitriles is 1. The van der Waals surface area contributed by atoms with Gasteiger partial charge in [-0.3, -0.25) is 9.59 Å². The first kappa shape index (κ1) is 24.1. The summed E-state index contributed by atoms with van der Waals surface area (Å²) < 4.78 is 11.5. The summed E-state index contributed by atoms with van der Waals surface area (Å²) >= 11 is 0. The molecule has 35 heavy (non-hydrogen) atoms. The van der Waals surface area contributed by atoms with Crippen molar-refractivity contribution in [2.24, 2.45) is 11.1 Å². The maximum atomic E-state index is 13.1. The molecule has 0 aromatic heterocycles. The van der Waals surface area contributed by atoms with E-state index in [1.807, 2.05) is 52.0 Å². The van der Waals surface area contributed by atoms with Gasteiger partial charge in [-0.05, 0) is 54.2 Å². The molecule has 4 rings (SSSR count). The predicted molar refractivity (Wildman–Crippen MR) is 132 cm³/mol. The van der Waals surface area contributed by atoms with E-state index in [9.17, 15) is 14.9 Å². The third-order valence-electron chi connectivity index (χ3n) is 6.52. The number of hydrogen-bond acceptors (Lipinski definition) is 6. The number of rotatable bonds is 5. The zero-order valence-electron chi connectivity index (χ0n) is 20.4. The summed E-state index contributed by atoms with van der Waals surface area (Å²) in [6.45, 7) is 7.76. The third-order valence-corrected chi connectivity index (χ3v) is 6.52.